The molecule has 122 valence electrons. The zero-order valence-electron chi connectivity index (χ0n) is 13.6. The highest BCUT2D eigenvalue weighted by atomic mass is 16.3. The van der Waals surface area contributed by atoms with Gasteiger partial charge in [0.2, 0.25) is 0 Å². The largest absolute Gasteiger partial charge is 0.507 e. The molecule has 24 heavy (non-hydrogen) atoms. The predicted molar refractivity (Wildman–Crippen MR) is 92.8 cm³/mol. The van der Waals surface area contributed by atoms with Crippen LogP contribution in [0.1, 0.15) is 27.2 Å². The van der Waals surface area contributed by atoms with Crippen molar-refractivity contribution in [3.05, 3.63) is 70.9 Å². The van der Waals surface area contributed by atoms with Gasteiger partial charge in [-0.1, -0.05) is 30.3 Å². The molecule has 5 heteroatoms. The molecule has 2 aromatic carbocycles. The molecule has 0 radical (unpaired) electrons. The Bertz CT molecular complexity index is 870. The minimum absolute atomic E-state index is 0.154. The number of aromatic nitrogens is 2. The van der Waals surface area contributed by atoms with Crippen molar-refractivity contribution in [1.82, 2.24) is 15.5 Å². The van der Waals surface area contributed by atoms with Crippen molar-refractivity contribution in [2.45, 2.75) is 20.4 Å². The van der Waals surface area contributed by atoms with Gasteiger partial charge in [-0.25, -0.2) is 0 Å². The van der Waals surface area contributed by atoms with Gasteiger partial charge in [-0.3, -0.25) is 9.89 Å². The Morgan fingerprint density at radius 2 is 1.83 bits per heavy atom. The van der Waals surface area contributed by atoms with E-state index in [-0.39, 0.29) is 11.7 Å². The second-order valence-electron chi connectivity index (χ2n) is 5.79. The lowest BCUT2D eigenvalue weighted by Gasteiger charge is -2.06. The van der Waals surface area contributed by atoms with Crippen LogP contribution in [0, 0.1) is 13.8 Å². The van der Waals surface area contributed by atoms with Gasteiger partial charge < -0.3 is 10.4 Å². The molecule has 1 aromatic heterocycles. The Labute approximate surface area is 140 Å². The average Bonchev–Trinajstić information content (AvgIpc) is 3.07. The highest BCUT2D eigenvalue weighted by Gasteiger charge is 2.14. The number of H-pyrrole nitrogens is 1. The first kappa shape index (κ1) is 15.8. The van der Waals surface area contributed by atoms with E-state index in [1.165, 1.54) is 0 Å². The first-order chi connectivity index (χ1) is 11.5. The summed E-state index contributed by atoms with van der Waals surface area (Å²) in [5.41, 5.74) is 4.60. The summed E-state index contributed by atoms with van der Waals surface area (Å²) in [5, 5.41) is 19.8. The summed E-state index contributed by atoms with van der Waals surface area (Å²) in [6, 6.07) is 14.9. The Morgan fingerprint density at radius 1 is 1.12 bits per heavy atom. The number of hydrogen-bond acceptors (Lipinski definition) is 3. The van der Waals surface area contributed by atoms with Crippen molar-refractivity contribution in [2.24, 2.45) is 0 Å². The summed E-state index contributed by atoms with van der Waals surface area (Å²) < 4.78 is 0. The Kier molecular flexibility index (Phi) is 4.33. The highest BCUT2D eigenvalue weighted by molar-refractivity contribution is 5.93. The second kappa shape index (κ2) is 6.58. The Hall–Kier alpha value is -3.08. The number of phenols is 1. The van der Waals surface area contributed by atoms with Crippen LogP contribution in [0.4, 0.5) is 0 Å². The molecule has 0 unspecified atom stereocenters. The smallest absolute Gasteiger partial charge is 0.269 e. The quantitative estimate of drug-likeness (QED) is 0.690. The number of carbonyl (C=O) groups is 1. The van der Waals surface area contributed by atoms with Crippen molar-refractivity contribution < 1.29 is 9.90 Å². The zero-order valence-corrected chi connectivity index (χ0v) is 13.6. The van der Waals surface area contributed by atoms with E-state index in [1.54, 1.807) is 12.1 Å². The summed E-state index contributed by atoms with van der Waals surface area (Å²) in [6.45, 7) is 4.35. The van der Waals surface area contributed by atoms with Crippen LogP contribution in [0.25, 0.3) is 11.3 Å². The van der Waals surface area contributed by atoms with Crippen molar-refractivity contribution in [1.29, 1.82) is 0 Å². The number of hydrogen-bond donors (Lipinski definition) is 3. The van der Waals surface area contributed by atoms with E-state index >= 15 is 0 Å². The van der Waals surface area contributed by atoms with Crippen LogP contribution < -0.4 is 5.32 Å². The second-order valence-corrected chi connectivity index (χ2v) is 5.79. The lowest BCUT2D eigenvalue weighted by molar-refractivity contribution is 0.0946. The Morgan fingerprint density at radius 3 is 2.58 bits per heavy atom. The summed E-state index contributed by atoms with van der Waals surface area (Å²) in [5.74, 6) is -0.0817. The average molecular weight is 321 g/mol. The fraction of sp³-hybridized carbons (Fsp3) is 0.158. The lowest BCUT2D eigenvalue weighted by atomic mass is 10.0. The number of nitrogens with one attached hydrogen (secondary N) is 2. The number of amides is 1. The first-order valence-corrected chi connectivity index (χ1v) is 7.72. The van der Waals surface area contributed by atoms with Crippen molar-refractivity contribution in [3.8, 4) is 17.0 Å². The van der Waals surface area contributed by atoms with E-state index in [1.807, 2.05) is 50.2 Å². The van der Waals surface area contributed by atoms with Gasteiger partial charge in [-0.05, 0) is 48.7 Å². The molecule has 1 heterocycles. The molecule has 0 aliphatic rings. The van der Waals surface area contributed by atoms with E-state index in [9.17, 15) is 9.90 Å². The molecule has 0 atom stereocenters. The Balaban J connectivity index is 1.76. The molecule has 0 spiro atoms. The SMILES string of the molecule is Cc1cc(O)c(-c2cc(C(=O)NCc3ccccc3)[nH]n2)cc1C. The van der Waals surface area contributed by atoms with Crippen LogP contribution in [-0.4, -0.2) is 21.2 Å². The topological polar surface area (TPSA) is 78.0 Å². The molecular weight excluding hydrogens is 302 g/mol. The number of carbonyl (C=O) groups excluding carboxylic acids is 1. The van der Waals surface area contributed by atoms with Crippen LogP contribution in [0.2, 0.25) is 0 Å². The highest BCUT2D eigenvalue weighted by Crippen LogP contribution is 2.30. The number of aryl methyl sites for hydroxylation is 2. The maximum atomic E-state index is 12.2. The first-order valence-electron chi connectivity index (χ1n) is 7.72. The number of nitrogens with zero attached hydrogens (tertiary/aromatic N) is 1. The molecule has 3 N–H and O–H groups in total. The molecule has 0 fully saturated rings. The van der Waals surface area contributed by atoms with Gasteiger partial charge in [0.05, 0.1) is 5.69 Å². The molecule has 0 aliphatic carbocycles. The van der Waals surface area contributed by atoms with Gasteiger partial charge in [-0.2, -0.15) is 5.10 Å². The number of rotatable bonds is 4. The van der Waals surface area contributed by atoms with E-state index < -0.39 is 0 Å². The third-order valence-electron chi connectivity index (χ3n) is 4.01. The van der Waals surface area contributed by atoms with Gasteiger partial charge in [0, 0.05) is 12.1 Å². The van der Waals surface area contributed by atoms with Crippen LogP contribution >= 0.6 is 0 Å². The third-order valence-corrected chi connectivity index (χ3v) is 4.01. The van der Waals surface area contributed by atoms with Crippen LogP contribution in [-0.2, 0) is 6.54 Å². The minimum Gasteiger partial charge on any atom is -0.507 e. The summed E-state index contributed by atoms with van der Waals surface area (Å²) in [7, 11) is 0. The van der Waals surface area contributed by atoms with Gasteiger partial charge in [0.15, 0.2) is 0 Å². The van der Waals surface area contributed by atoms with Crippen LogP contribution in [0.5, 0.6) is 5.75 Å². The third kappa shape index (κ3) is 3.30. The number of phenolic OH excluding ortho intramolecular Hbond substituents is 1. The molecule has 0 aliphatic heterocycles. The summed E-state index contributed by atoms with van der Waals surface area (Å²) >= 11 is 0. The molecular formula is C19H19N3O2. The van der Waals surface area contributed by atoms with E-state index in [4.69, 9.17) is 0 Å². The van der Waals surface area contributed by atoms with Gasteiger partial charge >= 0.3 is 0 Å². The van der Waals surface area contributed by atoms with Crippen LogP contribution in [0.15, 0.2) is 48.5 Å². The molecule has 3 rings (SSSR count). The van der Waals surface area contributed by atoms with Crippen molar-refractivity contribution >= 4 is 5.91 Å². The molecule has 0 bridgehead atoms. The number of aromatic hydroxyl groups is 1. The maximum Gasteiger partial charge on any atom is 0.269 e. The van der Waals surface area contributed by atoms with Crippen LogP contribution in [0.3, 0.4) is 0 Å². The van der Waals surface area contributed by atoms with Crippen molar-refractivity contribution in [2.75, 3.05) is 0 Å². The monoisotopic (exact) mass is 321 g/mol. The molecule has 1 amide bonds. The maximum absolute atomic E-state index is 12.2. The number of benzene rings is 2. The molecule has 5 nitrogen and oxygen atoms in total. The van der Waals surface area contributed by atoms with Gasteiger partial charge in [0.1, 0.15) is 11.4 Å². The van der Waals surface area contributed by atoms with E-state index in [2.05, 4.69) is 15.5 Å². The normalized spacial score (nSPS) is 10.6. The summed E-state index contributed by atoms with van der Waals surface area (Å²) in [4.78, 5) is 12.2. The number of aromatic amines is 1. The fourth-order valence-corrected chi connectivity index (χ4v) is 2.46. The molecule has 0 saturated heterocycles. The molecule has 0 saturated carbocycles. The van der Waals surface area contributed by atoms with Gasteiger partial charge in [-0.15, -0.1) is 0 Å². The standard InChI is InChI=1S/C19H19N3O2/c1-12-8-15(18(23)9-13(12)2)16-10-17(22-21-16)19(24)20-11-14-6-4-3-5-7-14/h3-10,23H,11H2,1-2H3,(H,20,24)(H,21,22). The lowest BCUT2D eigenvalue weighted by Crippen LogP contribution is -2.23. The zero-order chi connectivity index (χ0) is 17.1. The predicted octanol–water partition coefficient (Wildman–Crippen LogP) is 3.33. The van der Waals surface area contributed by atoms with Gasteiger partial charge in [0.25, 0.3) is 5.91 Å². The van der Waals surface area contributed by atoms with E-state index in [0.29, 0.717) is 23.5 Å². The van der Waals surface area contributed by atoms with E-state index in [0.717, 1.165) is 16.7 Å². The fourth-order valence-electron chi connectivity index (χ4n) is 2.46. The minimum atomic E-state index is -0.235. The van der Waals surface area contributed by atoms with Crippen molar-refractivity contribution in [3.63, 3.8) is 0 Å². The molecule has 3 aromatic rings. The summed E-state index contributed by atoms with van der Waals surface area (Å²) in [6.07, 6.45) is 0.